The van der Waals surface area contributed by atoms with E-state index in [1.807, 2.05) is 19.1 Å². The highest BCUT2D eigenvalue weighted by Gasteiger charge is 2.26. The van der Waals surface area contributed by atoms with Crippen LogP contribution in [-0.2, 0) is 10.0 Å². The molecule has 29 heavy (non-hydrogen) atoms. The highest BCUT2D eigenvalue weighted by molar-refractivity contribution is 7.92. The smallest absolute Gasteiger partial charge is 0.264 e. The van der Waals surface area contributed by atoms with Crippen molar-refractivity contribution in [2.75, 3.05) is 16.2 Å². The molecule has 0 unspecified atom stereocenters. The van der Waals surface area contributed by atoms with E-state index in [9.17, 15) is 13.2 Å². The van der Waals surface area contributed by atoms with Crippen LogP contribution in [0.2, 0.25) is 0 Å². The average Bonchev–Trinajstić information content (AvgIpc) is 2.69. The van der Waals surface area contributed by atoms with Crippen molar-refractivity contribution >= 4 is 27.4 Å². The van der Waals surface area contributed by atoms with Gasteiger partial charge in [0, 0.05) is 17.8 Å². The molecule has 1 amide bonds. The van der Waals surface area contributed by atoms with Crippen molar-refractivity contribution in [3.63, 3.8) is 0 Å². The molecule has 0 saturated carbocycles. The second kappa shape index (κ2) is 8.45. The van der Waals surface area contributed by atoms with Crippen LogP contribution in [0.4, 0.5) is 11.5 Å². The molecule has 0 fully saturated rings. The summed E-state index contributed by atoms with van der Waals surface area (Å²) in [6.07, 6.45) is 0. The third-order valence-electron chi connectivity index (χ3n) is 4.48. The minimum Gasteiger partial charge on any atom is -0.307 e. The normalized spacial score (nSPS) is 11.1. The van der Waals surface area contributed by atoms with Gasteiger partial charge in [0.2, 0.25) is 0 Å². The quantitative estimate of drug-likeness (QED) is 0.663. The maximum atomic E-state index is 13.3. The lowest BCUT2D eigenvalue weighted by Crippen LogP contribution is -2.31. The fourth-order valence-electron chi connectivity index (χ4n) is 3.02. The first-order valence-electron chi connectivity index (χ1n) is 9.26. The van der Waals surface area contributed by atoms with Crippen LogP contribution in [0.15, 0.2) is 71.6 Å². The van der Waals surface area contributed by atoms with Crippen LogP contribution >= 0.6 is 0 Å². The Balaban J connectivity index is 1.96. The molecule has 1 aromatic heterocycles. The van der Waals surface area contributed by atoms with E-state index in [-0.39, 0.29) is 17.0 Å². The minimum absolute atomic E-state index is 0.105. The number of hydrogen-bond acceptors (Lipinski definition) is 4. The molecule has 2 aromatic carbocycles. The first-order chi connectivity index (χ1) is 13.8. The van der Waals surface area contributed by atoms with Gasteiger partial charge in [0.15, 0.2) is 0 Å². The highest BCUT2D eigenvalue weighted by atomic mass is 32.2. The van der Waals surface area contributed by atoms with Crippen LogP contribution in [-0.4, -0.2) is 25.9 Å². The number of hydrogen-bond donors (Lipinski definition) is 1. The van der Waals surface area contributed by atoms with Crippen LogP contribution < -0.4 is 9.62 Å². The summed E-state index contributed by atoms with van der Waals surface area (Å²) in [6, 6.07) is 18.9. The minimum atomic E-state index is -3.83. The summed E-state index contributed by atoms with van der Waals surface area (Å²) < 4.78 is 28.0. The first-order valence-corrected chi connectivity index (χ1v) is 10.7. The van der Waals surface area contributed by atoms with Gasteiger partial charge in [-0.25, -0.2) is 13.4 Å². The third kappa shape index (κ3) is 4.46. The number of para-hydroxylation sites is 1. The Morgan fingerprint density at radius 1 is 1.00 bits per heavy atom. The summed E-state index contributed by atoms with van der Waals surface area (Å²) in [6.45, 7) is 5.60. The van der Waals surface area contributed by atoms with Crippen molar-refractivity contribution in [1.82, 2.24) is 4.98 Å². The number of aromatic nitrogens is 1. The summed E-state index contributed by atoms with van der Waals surface area (Å²) in [7, 11) is -3.83. The molecule has 1 heterocycles. The number of sulfonamides is 1. The lowest BCUT2D eigenvalue weighted by atomic mass is 10.1. The van der Waals surface area contributed by atoms with E-state index in [1.54, 1.807) is 62.4 Å². The first kappa shape index (κ1) is 20.5. The van der Waals surface area contributed by atoms with Gasteiger partial charge in [-0.05, 0) is 62.7 Å². The number of nitrogens with zero attached hydrogens (tertiary/aromatic N) is 2. The zero-order chi connectivity index (χ0) is 21.0. The molecule has 0 aliphatic heterocycles. The van der Waals surface area contributed by atoms with Crippen molar-refractivity contribution in [1.29, 1.82) is 0 Å². The van der Waals surface area contributed by atoms with Crippen molar-refractivity contribution in [3.05, 3.63) is 83.6 Å². The Morgan fingerprint density at radius 2 is 1.72 bits per heavy atom. The molecule has 0 aliphatic carbocycles. The molecule has 150 valence electrons. The number of aryl methyl sites for hydroxylation is 2. The molecule has 0 aliphatic rings. The average molecular weight is 410 g/mol. The summed E-state index contributed by atoms with van der Waals surface area (Å²) in [5, 5.41) is 2.71. The van der Waals surface area contributed by atoms with E-state index in [2.05, 4.69) is 10.3 Å². The van der Waals surface area contributed by atoms with E-state index in [0.29, 0.717) is 17.1 Å². The van der Waals surface area contributed by atoms with Crippen LogP contribution in [0.3, 0.4) is 0 Å². The Bertz CT molecular complexity index is 1130. The summed E-state index contributed by atoms with van der Waals surface area (Å²) in [5.74, 6) is 0.00163. The van der Waals surface area contributed by atoms with Crippen molar-refractivity contribution in [3.8, 4) is 0 Å². The molecule has 0 atom stereocenters. The highest BCUT2D eigenvalue weighted by Crippen LogP contribution is 2.26. The van der Waals surface area contributed by atoms with Gasteiger partial charge < -0.3 is 5.32 Å². The number of carbonyl (C=O) groups is 1. The van der Waals surface area contributed by atoms with Crippen LogP contribution in [0.1, 0.15) is 28.5 Å². The number of benzene rings is 2. The van der Waals surface area contributed by atoms with Crippen molar-refractivity contribution in [2.24, 2.45) is 0 Å². The lowest BCUT2D eigenvalue weighted by Gasteiger charge is -2.24. The van der Waals surface area contributed by atoms with E-state index in [1.165, 1.54) is 10.4 Å². The Morgan fingerprint density at radius 3 is 2.38 bits per heavy atom. The largest absolute Gasteiger partial charge is 0.307 e. The van der Waals surface area contributed by atoms with Gasteiger partial charge in [0.1, 0.15) is 5.82 Å². The zero-order valence-electron chi connectivity index (χ0n) is 16.6. The monoisotopic (exact) mass is 409 g/mol. The van der Waals surface area contributed by atoms with E-state index < -0.39 is 15.9 Å². The molecule has 0 bridgehead atoms. The van der Waals surface area contributed by atoms with Crippen LogP contribution in [0.25, 0.3) is 0 Å². The maximum absolute atomic E-state index is 13.3. The van der Waals surface area contributed by atoms with E-state index >= 15 is 0 Å². The number of nitrogens with one attached hydrogen (secondary N) is 1. The SMILES string of the molecule is CCN(c1ccccc1)S(=O)(=O)c1cc(C(=O)Nc2cccc(C)n2)ccc1C. The second-order valence-electron chi connectivity index (χ2n) is 6.60. The Kier molecular flexibility index (Phi) is 5.98. The van der Waals surface area contributed by atoms with Gasteiger partial charge in [-0.2, -0.15) is 0 Å². The fourth-order valence-corrected chi connectivity index (χ4v) is 4.75. The number of amides is 1. The van der Waals surface area contributed by atoms with Crippen LogP contribution in [0.5, 0.6) is 0 Å². The molecule has 0 spiro atoms. The molecule has 0 radical (unpaired) electrons. The molecule has 7 heteroatoms. The van der Waals surface area contributed by atoms with E-state index in [4.69, 9.17) is 0 Å². The summed E-state index contributed by atoms with van der Waals surface area (Å²) >= 11 is 0. The van der Waals surface area contributed by atoms with E-state index in [0.717, 1.165) is 5.69 Å². The van der Waals surface area contributed by atoms with Gasteiger partial charge in [0.25, 0.3) is 15.9 Å². The van der Waals surface area contributed by atoms with Gasteiger partial charge in [-0.3, -0.25) is 9.10 Å². The second-order valence-corrected chi connectivity index (χ2v) is 8.43. The number of pyridine rings is 1. The Labute approximate surface area is 171 Å². The van der Waals surface area contributed by atoms with Crippen molar-refractivity contribution in [2.45, 2.75) is 25.7 Å². The number of anilines is 2. The number of rotatable bonds is 6. The molecule has 3 rings (SSSR count). The summed E-state index contributed by atoms with van der Waals surface area (Å²) in [4.78, 5) is 17.0. The van der Waals surface area contributed by atoms with Gasteiger partial charge in [0.05, 0.1) is 10.6 Å². The lowest BCUT2D eigenvalue weighted by molar-refractivity contribution is 0.102. The molecule has 6 nitrogen and oxygen atoms in total. The number of carbonyl (C=O) groups excluding carboxylic acids is 1. The van der Waals surface area contributed by atoms with Gasteiger partial charge in [-0.15, -0.1) is 0 Å². The van der Waals surface area contributed by atoms with Crippen molar-refractivity contribution < 1.29 is 13.2 Å². The molecular formula is C22H23N3O3S. The fraction of sp³-hybridized carbons (Fsp3) is 0.182. The summed E-state index contributed by atoms with van der Waals surface area (Å²) in [5.41, 5.74) is 2.18. The maximum Gasteiger partial charge on any atom is 0.264 e. The topological polar surface area (TPSA) is 79.4 Å². The predicted molar refractivity (Wildman–Crippen MR) is 115 cm³/mol. The molecule has 3 aromatic rings. The van der Waals surface area contributed by atoms with Crippen LogP contribution in [0, 0.1) is 13.8 Å². The molecular weight excluding hydrogens is 386 g/mol. The van der Waals surface area contributed by atoms with Gasteiger partial charge >= 0.3 is 0 Å². The predicted octanol–water partition coefficient (Wildman–Crippen LogP) is 4.17. The third-order valence-corrected chi connectivity index (χ3v) is 6.52. The molecule has 0 saturated heterocycles. The zero-order valence-corrected chi connectivity index (χ0v) is 17.4. The Hall–Kier alpha value is -3.19. The standard InChI is InChI=1S/C22H23N3O3S/c1-4-25(19-10-6-5-7-11-19)29(27,28)20-15-18(14-13-16(20)2)22(26)24-21-12-8-9-17(3)23-21/h5-15H,4H2,1-3H3,(H,23,24,26). The van der Waals surface area contributed by atoms with Gasteiger partial charge in [-0.1, -0.05) is 30.3 Å². The molecule has 1 N–H and O–H groups in total.